The summed E-state index contributed by atoms with van der Waals surface area (Å²) in [7, 11) is 0. The number of fused-ring (bicyclic) bond motifs is 1. The van der Waals surface area contributed by atoms with Crippen molar-refractivity contribution < 1.29 is 9.59 Å². The number of nitrogens with two attached hydrogens (primary N) is 1. The number of pyridine rings is 1. The van der Waals surface area contributed by atoms with Gasteiger partial charge in [0, 0.05) is 18.0 Å². The fourth-order valence-electron chi connectivity index (χ4n) is 4.55. The Morgan fingerprint density at radius 2 is 2.00 bits per heavy atom. The van der Waals surface area contributed by atoms with Gasteiger partial charge >= 0.3 is 0 Å². The molecule has 1 fully saturated rings. The molecular weight excluding hydrogens is 422 g/mol. The van der Waals surface area contributed by atoms with Gasteiger partial charge in [0.2, 0.25) is 5.91 Å². The monoisotopic (exact) mass is 451 g/mol. The van der Waals surface area contributed by atoms with Crippen molar-refractivity contribution in [2.75, 3.05) is 5.73 Å². The Morgan fingerprint density at radius 3 is 2.81 bits per heavy atom. The Morgan fingerprint density at radius 1 is 1.19 bits per heavy atom. The van der Waals surface area contributed by atoms with Gasteiger partial charge in [0.05, 0.1) is 17.8 Å². The maximum absolute atomic E-state index is 12.8. The lowest BCUT2D eigenvalue weighted by Crippen LogP contribution is -2.41. The number of carbonyl (C=O) groups excluding carboxylic acids is 2. The van der Waals surface area contributed by atoms with E-state index in [0.29, 0.717) is 24.6 Å². The van der Waals surface area contributed by atoms with E-state index in [-0.39, 0.29) is 17.6 Å². The van der Waals surface area contributed by atoms with E-state index in [2.05, 4.69) is 31.2 Å². The molecule has 1 aliphatic rings. The maximum atomic E-state index is 12.8. The molecule has 1 aromatic carbocycles. The number of anilines is 1. The summed E-state index contributed by atoms with van der Waals surface area (Å²) in [4.78, 5) is 29.6. The average Bonchev–Trinajstić information content (AvgIpc) is 3.42. The molecule has 3 aromatic rings. The van der Waals surface area contributed by atoms with Crippen LogP contribution in [0.5, 0.6) is 0 Å². The molecule has 32 heavy (non-hydrogen) atoms. The van der Waals surface area contributed by atoms with Crippen molar-refractivity contribution in [2.45, 2.75) is 58.4 Å². The first-order chi connectivity index (χ1) is 15.4. The van der Waals surface area contributed by atoms with Gasteiger partial charge in [0.25, 0.3) is 0 Å². The molecule has 0 spiro atoms. The van der Waals surface area contributed by atoms with Crippen molar-refractivity contribution in [3.05, 3.63) is 47.2 Å². The van der Waals surface area contributed by atoms with Gasteiger partial charge in [-0.1, -0.05) is 12.1 Å². The van der Waals surface area contributed by atoms with E-state index in [1.807, 2.05) is 19.1 Å². The van der Waals surface area contributed by atoms with Crippen molar-refractivity contribution in [1.29, 1.82) is 0 Å². The molecule has 1 amide bonds. The van der Waals surface area contributed by atoms with Crippen LogP contribution in [0.25, 0.3) is 11.0 Å². The number of hydrogen-bond acceptors (Lipinski definition) is 7. The molecule has 0 bridgehead atoms. The summed E-state index contributed by atoms with van der Waals surface area (Å²) in [6.07, 6.45) is 4.67. The molecule has 8 heteroatoms. The molecule has 1 aliphatic carbocycles. The maximum Gasteiger partial charge on any atom is 0.223 e. The Hall–Kier alpha value is -2.87. The van der Waals surface area contributed by atoms with E-state index in [0.717, 1.165) is 48.0 Å². The number of carbonyl (C=O) groups is 2. The van der Waals surface area contributed by atoms with E-state index in [1.165, 1.54) is 17.3 Å². The van der Waals surface area contributed by atoms with Crippen molar-refractivity contribution >= 4 is 40.3 Å². The summed E-state index contributed by atoms with van der Waals surface area (Å²) < 4.78 is 8.56. The smallest absolute Gasteiger partial charge is 0.223 e. The van der Waals surface area contributed by atoms with E-state index >= 15 is 0 Å². The van der Waals surface area contributed by atoms with Crippen LogP contribution in [0.2, 0.25) is 0 Å². The lowest BCUT2D eigenvalue weighted by Gasteiger charge is -2.17. The number of Topliss-reactive ketones (excluding diaryl/α,β-unsaturated/α-hetero) is 1. The zero-order valence-electron chi connectivity index (χ0n) is 18.5. The highest BCUT2D eigenvalue weighted by Crippen LogP contribution is 2.34. The summed E-state index contributed by atoms with van der Waals surface area (Å²) in [5, 5.41) is 2.95. The van der Waals surface area contributed by atoms with Gasteiger partial charge < -0.3 is 11.1 Å². The molecule has 2 aromatic heterocycles. The fourth-order valence-corrected chi connectivity index (χ4v) is 5.06. The zero-order valence-corrected chi connectivity index (χ0v) is 19.3. The van der Waals surface area contributed by atoms with Crippen LogP contribution in [-0.2, 0) is 22.4 Å². The molecule has 3 atom stereocenters. The van der Waals surface area contributed by atoms with Crippen LogP contribution in [0.3, 0.4) is 0 Å². The zero-order chi connectivity index (χ0) is 22.7. The minimum Gasteiger partial charge on any atom is -0.384 e. The highest BCUT2D eigenvalue weighted by Gasteiger charge is 2.31. The third-order valence-electron chi connectivity index (χ3n) is 6.45. The van der Waals surface area contributed by atoms with E-state index in [1.54, 1.807) is 13.0 Å². The molecule has 1 saturated carbocycles. The van der Waals surface area contributed by atoms with Gasteiger partial charge in [0.15, 0.2) is 5.78 Å². The van der Waals surface area contributed by atoms with Crippen LogP contribution in [0.1, 0.15) is 49.4 Å². The second kappa shape index (κ2) is 9.73. The third kappa shape index (κ3) is 5.30. The SMILES string of the molecule is Cc1nc(N)ccc1CCC(=O)[C@H](C)NC(=O)C1CC[C@@H](Cc2ccc3nsnc3c2)C1. The second-order valence-electron chi connectivity index (χ2n) is 8.84. The Kier molecular flexibility index (Phi) is 6.79. The standard InChI is InChI=1S/C24H29N5O2S/c1-14-18(7-10-23(25)26-14)6-9-22(30)15(2)27-24(31)19-5-3-16(12-19)11-17-4-8-20-21(13-17)29-32-28-20/h4,7-8,10,13,15-16,19H,3,5-6,9,11-12H2,1-2H3,(H2,25,26)(H,27,31)/t15-,16-,19?/m0/s1. The van der Waals surface area contributed by atoms with Gasteiger partial charge in [0.1, 0.15) is 16.9 Å². The fraction of sp³-hybridized carbons (Fsp3) is 0.458. The van der Waals surface area contributed by atoms with E-state index < -0.39 is 6.04 Å². The molecule has 2 heterocycles. The molecule has 0 radical (unpaired) electrons. The van der Waals surface area contributed by atoms with Crippen molar-refractivity contribution in [1.82, 2.24) is 19.0 Å². The summed E-state index contributed by atoms with van der Waals surface area (Å²) in [5.74, 6) is 0.964. The van der Waals surface area contributed by atoms with Gasteiger partial charge in [-0.05, 0) is 81.2 Å². The van der Waals surface area contributed by atoms with Crippen LogP contribution in [-0.4, -0.2) is 31.5 Å². The summed E-state index contributed by atoms with van der Waals surface area (Å²) in [5.41, 5.74) is 10.7. The number of rotatable bonds is 8. The number of amides is 1. The van der Waals surface area contributed by atoms with Crippen molar-refractivity contribution in [2.24, 2.45) is 11.8 Å². The first-order valence-electron chi connectivity index (χ1n) is 11.2. The molecular formula is C24H29N5O2S. The van der Waals surface area contributed by atoms with Crippen molar-refractivity contribution in [3.63, 3.8) is 0 Å². The first-order valence-corrected chi connectivity index (χ1v) is 11.9. The number of nitrogens with one attached hydrogen (secondary N) is 1. The van der Waals surface area contributed by atoms with Crippen LogP contribution < -0.4 is 11.1 Å². The molecule has 1 unspecified atom stereocenters. The average molecular weight is 452 g/mol. The number of ketones is 1. The summed E-state index contributed by atoms with van der Waals surface area (Å²) in [6, 6.07) is 9.41. The van der Waals surface area contributed by atoms with Crippen LogP contribution >= 0.6 is 11.7 Å². The number of aryl methyl sites for hydroxylation is 2. The van der Waals surface area contributed by atoms with Crippen LogP contribution in [0.15, 0.2) is 30.3 Å². The molecule has 0 saturated heterocycles. The van der Waals surface area contributed by atoms with Gasteiger partial charge in [-0.2, -0.15) is 8.75 Å². The molecule has 4 rings (SSSR count). The topological polar surface area (TPSA) is 111 Å². The second-order valence-corrected chi connectivity index (χ2v) is 9.37. The number of aromatic nitrogens is 3. The number of nitrogen functional groups attached to an aromatic ring is 1. The third-order valence-corrected chi connectivity index (χ3v) is 7.01. The largest absolute Gasteiger partial charge is 0.384 e. The van der Waals surface area contributed by atoms with E-state index in [9.17, 15) is 9.59 Å². The number of hydrogen-bond donors (Lipinski definition) is 2. The quantitative estimate of drug-likeness (QED) is 0.541. The van der Waals surface area contributed by atoms with Crippen LogP contribution in [0, 0.1) is 18.8 Å². The van der Waals surface area contributed by atoms with Gasteiger partial charge in [-0.15, -0.1) is 0 Å². The highest BCUT2D eigenvalue weighted by atomic mass is 32.1. The van der Waals surface area contributed by atoms with Gasteiger partial charge in [-0.3, -0.25) is 9.59 Å². The number of benzene rings is 1. The van der Waals surface area contributed by atoms with E-state index in [4.69, 9.17) is 5.73 Å². The molecule has 3 N–H and O–H groups in total. The minimum atomic E-state index is -0.483. The Balaban J connectivity index is 1.24. The Labute approximate surface area is 192 Å². The summed E-state index contributed by atoms with van der Waals surface area (Å²) in [6.45, 7) is 3.67. The van der Waals surface area contributed by atoms with Crippen molar-refractivity contribution in [3.8, 4) is 0 Å². The van der Waals surface area contributed by atoms with Crippen LogP contribution in [0.4, 0.5) is 5.82 Å². The lowest BCUT2D eigenvalue weighted by molar-refractivity contribution is -0.129. The Bertz CT molecular complexity index is 1130. The molecule has 0 aliphatic heterocycles. The minimum absolute atomic E-state index is 0.00200. The molecule has 7 nitrogen and oxygen atoms in total. The lowest BCUT2D eigenvalue weighted by atomic mass is 9.96. The molecule has 168 valence electrons. The first kappa shape index (κ1) is 22.3. The predicted molar refractivity (Wildman–Crippen MR) is 126 cm³/mol. The highest BCUT2D eigenvalue weighted by molar-refractivity contribution is 7.00. The van der Waals surface area contributed by atoms with Gasteiger partial charge in [-0.25, -0.2) is 4.98 Å². The summed E-state index contributed by atoms with van der Waals surface area (Å²) >= 11 is 1.23. The predicted octanol–water partition coefficient (Wildman–Crippen LogP) is 3.64. The normalized spacial score (nSPS) is 19.2. The number of nitrogens with zero attached hydrogens (tertiary/aromatic N) is 3.